The molecule has 1 aromatic carbocycles. The van der Waals surface area contributed by atoms with Crippen molar-refractivity contribution in [2.75, 3.05) is 11.0 Å². The number of nitrogens with one attached hydrogen (secondary N) is 1. The van der Waals surface area contributed by atoms with E-state index >= 15 is 0 Å². The van der Waals surface area contributed by atoms with Crippen LogP contribution in [-0.4, -0.2) is 14.7 Å². The van der Waals surface area contributed by atoms with E-state index < -0.39 is 10.0 Å². The average molecular weight is 194 g/mol. The summed E-state index contributed by atoms with van der Waals surface area (Å²) in [5, 5.41) is 0. The molecule has 0 fully saturated rings. The summed E-state index contributed by atoms with van der Waals surface area (Å²) < 4.78 is 23.9. The van der Waals surface area contributed by atoms with Gasteiger partial charge >= 0.3 is 0 Å². The molecule has 0 heterocycles. The summed E-state index contributed by atoms with van der Waals surface area (Å²) in [7, 11) is -3.21. The molecule has 0 bridgehead atoms. The molecule has 0 aromatic heterocycles. The van der Waals surface area contributed by atoms with Crippen LogP contribution in [0.2, 0.25) is 0 Å². The Bertz CT molecular complexity index is 426. The van der Waals surface area contributed by atoms with Crippen molar-refractivity contribution in [3.05, 3.63) is 36.3 Å². The minimum Gasteiger partial charge on any atom is -0.284 e. The molecule has 0 aliphatic carbocycles. The van der Waals surface area contributed by atoms with Crippen LogP contribution < -0.4 is 4.72 Å². The van der Waals surface area contributed by atoms with Crippen LogP contribution in [0, 0.1) is 12.3 Å². The molecule has 1 N–H and O–H groups in total. The Morgan fingerprint density at radius 3 is 2.23 bits per heavy atom. The van der Waals surface area contributed by atoms with Gasteiger partial charge in [0.15, 0.2) is 0 Å². The minimum absolute atomic E-state index is 0.488. The average Bonchev–Trinajstić information content (AvgIpc) is 2.03. The third kappa shape index (κ3) is 3.18. The Balaban J connectivity index is 2.89. The van der Waals surface area contributed by atoms with E-state index in [9.17, 15) is 8.42 Å². The molecule has 1 aromatic rings. The molecule has 0 aliphatic rings. The predicted molar refractivity (Wildman–Crippen MR) is 51.1 cm³/mol. The molecule has 0 unspecified atom stereocenters. The van der Waals surface area contributed by atoms with Gasteiger partial charge in [0.1, 0.15) is 0 Å². The molecule has 0 saturated heterocycles. The van der Waals surface area contributed by atoms with Gasteiger partial charge < -0.3 is 0 Å². The lowest BCUT2D eigenvalue weighted by molar-refractivity contribution is 0.607. The minimum atomic E-state index is -3.21. The molecule has 67 valence electrons. The highest BCUT2D eigenvalue weighted by atomic mass is 32.2. The first-order chi connectivity index (χ1) is 6.01. The van der Waals surface area contributed by atoms with Crippen LogP contribution in [-0.2, 0) is 10.0 Å². The first kappa shape index (κ1) is 9.62. The lowest BCUT2D eigenvalue weighted by Gasteiger charge is -2.02. The van der Waals surface area contributed by atoms with Crippen molar-refractivity contribution >= 4 is 15.7 Å². The van der Waals surface area contributed by atoms with Crippen molar-refractivity contribution in [1.82, 2.24) is 0 Å². The quantitative estimate of drug-likeness (QED) is 0.714. The fourth-order valence-electron chi connectivity index (χ4n) is 0.836. The highest BCUT2D eigenvalue weighted by Crippen LogP contribution is 2.09. The van der Waals surface area contributed by atoms with Crippen molar-refractivity contribution in [2.45, 2.75) is 0 Å². The Morgan fingerprint density at radius 1 is 1.31 bits per heavy atom. The van der Waals surface area contributed by atoms with E-state index in [1.54, 1.807) is 24.3 Å². The van der Waals surface area contributed by atoms with E-state index in [-0.39, 0.29) is 0 Å². The zero-order valence-electron chi connectivity index (χ0n) is 7.03. The number of anilines is 1. The van der Waals surface area contributed by atoms with E-state index in [1.807, 2.05) is 0 Å². The zero-order chi connectivity index (χ0) is 9.90. The lowest BCUT2D eigenvalue weighted by Crippen LogP contribution is -2.09. The van der Waals surface area contributed by atoms with Crippen molar-refractivity contribution in [3.8, 4) is 5.92 Å². The molecule has 0 spiro atoms. The topological polar surface area (TPSA) is 46.2 Å². The van der Waals surface area contributed by atoms with Gasteiger partial charge in [0.25, 0.3) is 0 Å². The van der Waals surface area contributed by atoms with Gasteiger partial charge in [0.2, 0.25) is 10.0 Å². The summed E-state index contributed by atoms with van der Waals surface area (Å²) in [6, 6.07) is 6.39. The second-order valence-electron chi connectivity index (χ2n) is 2.58. The summed E-state index contributed by atoms with van der Waals surface area (Å²) in [4.78, 5) is 0. The normalized spacial score (nSPS) is 10.5. The summed E-state index contributed by atoms with van der Waals surface area (Å²) in [6.07, 6.45) is 7.89. The SMILES string of the molecule is [C]#Cc1ccc(NS(C)(=O)=O)cc1. The van der Waals surface area contributed by atoms with Gasteiger partial charge in [-0.25, -0.2) is 8.42 Å². The third-order valence-electron chi connectivity index (χ3n) is 1.33. The van der Waals surface area contributed by atoms with Crippen LogP contribution >= 0.6 is 0 Å². The fraction of sp³-hybridized carbons (Fsp3) is 0.111. The second kappa shape index (κ2) is 3.50. The molecule has 0 saturated carbocycles. The number of benzene rings is 1. The van der Waals surface area contributed by atoms with Gasteiger partial charge in [-0.05, 0) is 30.7 Å². The van der Waals surface area contributed by atoms with Gasteiger partial charge in [0.05, 0.1) is 6.26 Å². The molecule has 13 heavy (non-hydrogen) atoms. The van der Waals surface area contributed by atoms with Gasteiger partial charge in [-0.3, -0.25) is 4.72 Å². The monoisotopic (exact) mass is 194 g/mol. The number of sulfonamides is 1. The van der Waals surface area contributed by atoms with E-state index in [1.165, 1.54) is 0 Å². The van der Waals surface area contributed by atoms with Crippen molar-refractivity contribution in [3.63, 3.8) is 0 Å². The number of hydrogen-bond acceptors (Lipinski definition) is 2. The first-order valence-electron chi connectivity index (χ1n) is 3.52. The molecule has 0 amide bonds. The van der Waals surface area contributed by atoms with Gasteiger partial charge in [0, 0.05) is 11.3 Å². The van der Waals surface area contributed by atoms with Gasteiger partial charge in [-0.1, -0.05) is 5.92 Å². The van der Waals surface area contributed by atoms with E-state index in [4.69, 9.17) is 6.42 Å². The molecule has 3 nitrogen and oxygen atoms in total. The van der Waals surface area contributed by atoms with Crippen molar-refractivity contribution < 1.29 is 8.42 Å². The third-order valence-corrected chi connectivity index (χ3v) is 1.94. The molecular formula is C9H8NO2S. The maximum absolute atomic E-state index is 10.8. The smallest absolute Gasteiger partial charge is 0.229 e. The van der Waals surface area contributed by atoms with Crippen LogP contribution in [0.3, 0.4) is 0 Å². The van der Waals surface area contributed by atoms with Crippen LogP contribution in [0.25, 0.3) is 0 Å². The predicted octanol–water partition coefficient (Wildman–Crippen LogP) is 0.996. The summed E-state index contributed by atoms with van der Waals surface area (Å²) in [5.41, 5.74) is 1.10. The van der Waals surface area contributed by atoms with Crippen molar-refractivity contribution in [1.29, 1.82) is 0 Å². The van der Waals surface area contributed by atoms with Gasteiger partial charge in [-0.2, -0.15) is 0 Å². The fourth-order valence-corrected chi connectivity index (χ4v) is 1.40. The Kier molecular flexibility index (Phi) is 2.59. The number of rotatable bonds is 2. The van der Waals surface area contributed by atoms with Crippen LogP contribution in [0.15, 0.2) is 24.3 Å². The molecule has 1 radical (unpaired) electrons. The maximum atomic E-state index is 10.8. The van der Waals surface area contributed by atoms with E-state index in [0.717, 1.165) is 6.26 Å². The van der Waals surface area contributed by atoms with Crippen LogP contribution in [0.1, 0.15) is 5.56 Å². The largest absolute Gasteiger partial charge is 0.284 e. The summed E-state index contributed by atoms with van der Waals surface area (Å²) >= 11 is 0. The number of hydrogen-bond donors (Lipinski definition) is 1. The Hall–Kier alpha value is -1.47. The standard InChI is InChI=1S/C9H8NO2S/c1-3-8-4-6-9(7-5-8)10-13(2,11)12/h4-7,10H,2H3. The second-order valence-corrected chi connectivity index (χ2v) is 4.33. The zero-order valence-corrected chi connectivity index (χ0v) is 7.85. The summed E-state index contributed by atoms with van der Waals surface area (Å²) in [6.45, 7) is 0. The lowest BCUT2D eigenvalue weighted by atomic mass is 10.2. The molecule has 0 atom stereocenters. The highest BCUT2D eigenvalue weighted by molar-refractivity contribution is 7.92. The molecule has 4 heteroatoms. The molecular weight excluding hydrogens is 186 g/mol. The van der Waals surface area contributed by atoms with Crippen molar-refractivity contribution in [2.24, 2.45) is 0 Å². The first-order valence-corrected chi connectivity index (χ1v) is 5.41. The molecule has 1 rings (SSSR count). The Labute approximate surface area is 77.8 Å². The Morgan fingerprint density at radius 2 is 1.85 bits per heavy atom. The van der Waals surface area contributed by atoms with Crippen LogP contribution in [0.4, 0.5) is 5.69 Å². The van der Waals surface area contributed by atoms with Crippen LogP contribution in [0.5, 0.6) is 0 Å². The summed E-state index contributed by atoms with van der Waals surface area (Å²) in [5.74, 6) is 2.19. The van der Waals surface area contributed by atoms with E-state index in [0.29, 0.717) is 11.3 Å². The van der Waals surface area contributed by atoms with E-state index in [2.05, 4.69) is 10.6 Å². The highest BCUT2D eigenvalue weighted by Gasteiger charge is 2.00. The molecule has 0 aliphatic heterocycles. The maximum Gasteiger partial charge on any atom is 0.229 e. The van der Waals surface area contributed by atoms with Gasteiger partial charge in [-0.15, -0.1) is 0 Å².